The lowest BCUT2D eigenvalue weighted by atomic mass is 9.84. The van der Waals surface area contributed by atoms with Crippen molar-refractivity contribution in [2.24, 2.45) is 30.6 Å². The zero-order chi connectivity index (χ0) is 49.0. The van der Waals surface area contributed by atoms with Crippen LogP contribution in [0.5, 0.6) is 0 Å². The van der Waals surface area contributed by atoms with E-state index in [9.17, 15) is 19.2 Å². The van der Waals surface area contributed by atoms with Gasteiger partial charge >= 0.3 is 11.4 Å². The summed E-state index contributed by atoms with van der Waals surface area (Å²) in [6, 6.07) is 15.3. The minimum absolute atomic E-state index is 0.0468. The number of nitrogens with one attached hydrogen (secondary N) is 1. The van der Waals surface area contributed by atoms with Crippen LogP contribution < -0.4 is 49.1 Å². The zero-order valence-electron chi connectivity index (χ0n) is 40.1. The van der Waals surface area contributed by atoms with Gasteiger partial charge in [-0.05, 0) is 58.6 Å². The molecule has 0 amide bonds. The van der Waals surface area contributed by atoms with Crippen molar-refractivity contribution in [3.8, 4) is 23.7 Å². The summed E-state index contributed by atoms with van der Waals surface area (Å²) in [5.41, 5.74) is 13.5. The fourth-order valence-electron chi connectivity index (χ4n) is 10.3. The number of hydrogen-bond acceptors (Lipinski definition) is 14. The molecule has 3 atom stereocenters. The van der Waals surface area contributed by atoms with Crippen molar-refractivity contribution in [3.63, 3.8) is 0 Å². The number of piperidine rings is 2. The third-order valence-electron chi connectivity index (χ3n) is 13.7. The summed E-state index contributed by atoms with van der Waals surface area (Å²) in [5.74, 6) is 13.8. The van der Waals surface area contributed by atoms with E-state index < -0.39 is 28.0 Å². The standard InChI is InChI=1S/C50H56N16O4/c1-6-8-24-63-40-42(56-46(63)61-22-14-16-31(51)27-61)59(4)48(69)65(44(40)67)29-38-53-35-20-12-10-18-33(35)37(55-38)26-50(3)34-19-11-13-21-36(34)54-39(58-50)30-66-45(68)41-43(60(5)49(66)70)57-47(64(41)25-9-7-2)62-23-15-17-32(52)28-62/h10-13,18-21,31-32H,14-17,22-30,51-52H2,1-5H3,(H,54,58). The lowest BCUT2D eigenvalue weighted by Crippen LogP contribution is -2.44. The number of hydrogen-bond donors (Lipinski definition) is 3. The normalized spacial score (nSPS) is 19.1. The Balaban J connectivity index is 1.05. The number of rotatable bonds is 10. The van der Waals surface area contributed by atoms with Gasteiger partial charge in [0, 0.05) is 75.4 Å². The Morgan fingerprint density at radius 3 is 1.81 bits per heavy atom. The number of anilines is 3. The summed E-state index contributed by atoms with van der Waals surface area (Å²) in [6.07, 6.45) is 3.77. The molecule has 70 heavy (non-hydrogen) atoms. The Morgan fingerprint density at radius 2 is 1.24 bits per heavy atom. The maximum atomic E-state index is 14.7. The van der Waals surface area contributed by atoms with E-state index in [0.29, 0.717) is 55.1 Å². The lowest BCUT2D eigenvalue weighted by molar-refractivity contribution is 0.483. The van der Waals surface area contributed by atoms with E-state index in [-0.39, 0.29) is 72.8 Å². The van der Waals surface area contributed by atoms with Crippen LogP contribution in [0.25, 0.3) is 33.2 Å². The molecule has 10 rings (SSSR count). The molecule has 3 aliphatic rings. The van der Waals surface area contributed by atoms with Gasteiger partial charge in [0.05, 0.1) is 42.9 Å². The van der Waals surface area contributed by atoms with Crippen LogP contribution in [-0.2, 0) is 52.2 Å². The van der Waals surface area contributed by atoms with E-state index in [1.54, 1.807) is 37.1 Å². The highest BCUT2D eigenvalue weighted by atomic mass is 16.2. The number of aliphatic imine (C=N–C) groups is 1. The van der Waals surface area contributed by atoms with E-state index in [4.69, 9.17) is 36.4 Å². The molecule has 2 aromatic carbocycles. The number of aromatic nitrogens is 10. The number of nitrogens with zero attached hydrogens (tertiary/aromatic N) is 13. The van der Waals surface area contributed by atoms with Gasteiger partial charge in [-0.1, -0.05) is 48.2 Å². The van der Waals surface area contributed by atoms with Gasteiger partial charge in [0.2, 0.25) is 11.9 Å². The lowest BCUT2D eigenvalue weighted by Gasteiger charge is -2.34. The van der Waals surface area contributed by atoms with E-state index >= 15 is 0 Å². The summed E-state index contributed by atoms with van der Waals surface area (Å²) in [6.45, 7) is 8.02. The number of imidazole rings is 2. The summed E-state index contributed by atoms with van der Waals surface area (Å²) in [4.78, 5) is 86.8. The van der Waals surface area contributed by atoms with Crippen molar-refractivity contribution in [2.75, 3.05) is 41.3 Å². The van der Waals surface area contributed by atoms with Crippen LogP contribution in [0.1, 0.15) is 63.5 Å². The van der Waals surface area contributed by atoms with E-state index in [1.807, 2.05) is 55.5 Å². The van der Waals surface area contributed by atoms with Crippen LogP contribution in [0.4, 0.5) is 17.6 Å². The highest BCUT2D eigenvalue weighted by molar-refractivity contribution is 5.98. The second-order valence-electron chi connectivity index (χ2n) is 18.6. The molecular weight excluding hydrogens is 889 g/mol. The third-order valence-corrected chi connectivity index (χ3v) is 13.7. The van der Waals surface area contributed by atoms with Crippen molar-refractivity contribution in [1.82, 2.24) is 47.3 Å². The van der Waals surface area contributed by atoms with Gasteiger partial charge in [0.15, 0.2) is 22.3 Å². The first kappa shape index (κ1) is 45.9. The molecular formula is C50H56N16O4. The minimum atomic E-state index is -0.991. The Bertz CT molecular complexity index is 3660. The van der Waals surface area contributed by atoms with Gasteiger partial charge in [-0.2, -0.15) is 9.97 Å². The molecule has 0 bridgehead atoms. The van der Waals surface area contributed by atoms with Gasteiger partial charge in [-0.3, -0.25) is 42.0 Å². The van der Waals surface area contributed by atoms with Crippen LogP contribution in [0.3, 0.4) is 0 Å². The second-order valence-corrected chi connectivity index (χ2v) is 18.6. The van der Waals surface area contributed by atoms with Gasteiger partial charge < -0.3 is 26.6 Å². The zero-order valence-corrected chi connectivity index (χ0v) is 40.1. The SMILES string of the molecule is CC#CCn1c(N2CCCC(N)C2)nc2c1c(=O)n(CC1=NC(C)(Cc3nc(Cn4c(=O)c5c(nc(N6CCCC(N)C6)n5CC#CC)n(C)c4=O)nc4ccccc34)c3ccccc3N1)c(=O)n2C. The molecule has 2 fully saturated rings. The summed E-state index contributed by atoms with van der Waals surface area (Å²) in [7, 11) is 3.22. The molecule has 20 nitrogen and oxygen atoms in total. The molecule has 0 saturated carbocycles. The van der Waals surface area contributed by atoms with Crippen molar-refractivity contribution < 1.29 is 0 Å². The van der Waals surface area contributed by atoms with Crippen molar-refractivity contribution in [3.05, 3.63) is 107 Å². The van der Waals surface area contributed by atoms with Crippen molar-refractivity contribution in [2.45, 2.75) is 96.7 Å². The monoisotopic (exact) mass is 944 g/mol. The molecule has 360 valence electrons. The molecule has 0 aliphatic carbocycles. The smallest absolute Gasteiger partial charge is 0.332 e. The number of nitrogens with two attached hydrogens (primary N) is 2. The van der Waals surface area contributed by atoms with Crippen LogP contribution in [0.15, 0.2) is 72.7 Å². The van der Waals surface area contributed by atoms with Crippen LogP contribution >= 0.6 is 0 Å². The van der Waals surface area contributed by atoms with Gasteiger partial charge in [0.25, 0.3) is 11.1 Å². The summed E-state index contributed by atoms with van der Waals surface area (Å²) < 4.78 is 8.69. The first-order valence-electron chi connectivity index (χ1n) is 23.7. The predicted molar refractivity (Wildman–Crippen MR) is 271 cm³/mol. The Hall–Kier alpha value is -7.81. The second kappa shape index (κ2) is 18.3. The van der Waals surface area contributed by atoms with Gasteiger partial charge in [-0.15, -0.1) is 11.8 Å². The Morgan fingerprint density at radius 1 is 0.700 bits per heavy atom. The maximum Gasteiger partial charge on any atom is 0.332 e. The van der Waals surface area contributed by atoms with Gasteiger partial charge in [-0.25, -0.2) is 19.6 Å². The van der Waals surface area contributed by atoms with Crippen LogP contribution in [0.2, 0.25) is 0 Å². The topological polar surface area (TPSA) is 232 Å². The van der Waals surface area contributed by atoms with E-state index in [2.05, 4.69) is 38.8 Å². The molecule has 3 unspecified atom stereocenters. The predicted octanol–water partition coefficient (Wildman–Crippen LogP) is 1.98. The quantitative estimate of drug-likeness (QED) is 0.167. The fourth-order valence-corrected chi connectivity index (χ4v) is 10.3. The molecule has 3 aliphatic heterocycles. The Kier molecular flexibility index (Phi) is 12.0. The molecule has 20 heteroatoms. The summed E-state index contributed by atoms with van der Waals surface area (Å²) >= 11 is 0. The molecule has 0 radical (unpaired) electrons. The highest BCUT2D eigenvalue weighted by Crippen LogP contribution is 2.39. The number of fused-ring (bicyclic) bond motifs is 4. The highest BCUT2D eigenvalue weighted by Gasteiger charge is 2.36. The molecule has 2 saturated heterocycles. The maximum absolute atomic E-state index is 14.7. The van der Waals surface area contributed by atoms with E-state index in [0.717, 1.165) is 46.9 Å². The number of amidine groups is 1. The van der Waals surface area contributed by atoms with Crippen LogP contribution in [-0.4, -0.2) is 91.4 Å². The van der Waals surface area contributed by atoms with Gasteiger partial charge in [0.1, 0.15) is 11.7 Å². The minimum Gasteiger partial charge on any atom is -0.342 e. The third kappa shape index (κ3) is 8.02. The number of aryl methyl sites for hydroxylation is 2. The first-order valence-corrected chi connectivity index (χ1v) is 23.7. The fraction of sp³-hybridized carbons (Fsp3) is 0.420. The number of benzene rings is 2. The van der Waals surface area contributed by atoms with Crippen LogP contribution in [0, 0.1) is 23.7 Å². The molecule has 7 aromatic rings. The largest absolute Gasteiger partial charge is 0.342 e. The molecule has 5 N–H and O–H groups in total. The molecule has 0 spiro atoms. The number of para-hydroxylation sites is 2. The van der Waals surface area contributed by atoms with Crippen molar-refractivity contribution in [1.29, 1.82) is 0 Å². The van der Waals surface area contributed by atoms with E-state index in [1.165, 1.54) is 13.7 Å². The average molecular weight is 945 g/mol. The summed E-state index contributed by atoms with van der Waals surface area (Å²) in [5, 5.41) is 4.18. The average Bonchev–Trinajstić information content (AvgIpc) is 3.94. The molecule has 5 aromatic heterocycles. The van der Waals surface area contributed by atoms with Crippen molar-refractivity contribution >= 4 is 56.7 Å². The molecule has 8 heterocycles. The Labute approximate surface area is 402 Å². The first-order chi connectivity index (χ1) is 33.8.